The van der Waals surface area contributed by atoms with Crippen LogP contribution in [-0.2, 0) is 4.79 Å². The van der Waals surface area contributed by atoms with E-state index in [1.807, 2.05) is 9.80 Å². The molecule has 0 aliphatic carbocycles. The predicted molar refractivity (Wildman–Crippen MR) is 74.7 cm³/mol. The molecule has 2 saturated heterocycles. The van der Waals surface area contributed by atoms with Gasteiger partial charge in [0.25, 0.3) is 0 Å². The van der Waals surface area contributed by atoms with Gasteiger partial charge >= 0.3 is 12.0 Å². The Kier molecular flexibility index (Phi) is 5.19. The van der Waals surface area contributed by atoms with Gasteiger partial charge in [0, 0.05) is 58.9 Å². The smallest absolute Gasteiger partial charge is 0.320 e. The maximum atomic E-state index is 12.4. The molecule has 0 aromatic heterocycles. The fourth-order valence-electron chi connectivity index (χ4n) is 2.61. The lowest BCUT2D eigenvalue weighted by atomic mass is 10.3. The van der Waals surface area contributed by atoms with Gasteiger partial charge in [-0.2, -0.15) is 0 Å². The summed E-state index contributed by atoms with van der Waals surface area (Å²) in [6, 6.07) is 0.135. The minimum Gasteiger partial charge on any atom is -0.481 e. The molecule has 0 radical (unpaired) electrons. The van der Waals surface area contributed by atoms with Crippen LogP contribution in [0, 0.1) is 0 Å². The molecule has 0 atom stereocenters. The molecule has 0 saturated carbocycles. The van der Waals surface area contributed by atoms with E-state index >= 15 is 0 Å². The molecular weight excluding hydrogens is 260 g/mol. The summed E-state index contributed by atoms with van der Waals surface area (Å²) < 4.78 is 0. The average molecular weight is 284 g/mol. The first kappa shape index (κ1) is 15.1. The summed E-state index contributed by atoms with van der Waals surface area (Å²) in [5.41, 5.74) is 0. The van der Waals surface area contributed by atoms with Crippen molar-refractivity contribution in [2.24, 2.45) is 0 Å². The van der Waals surface area contributed by atoms with Crippen molar-refractivity contribution in [1.82, 2.24) is 19.6 Å². The first-order valence-corrected chi connectivity index (χ1v) is 7.23. The van der Waals surface area contributed by atoms with E-state index in [0.717, 1.165) is 39.3 Å². The molecule has 2 amide bonds. The van der Waals surface area contributed by atoms with Crippen molar-refractivity contribution in [3.05, 3.63) is 0 Å². The van der Waals surface area contributed by atoms with Gasteiger partial charge in [-0.05, 0) is 7.05 Å². The van der Waals surface area contributed by atoms with Crippen molar-refractivity contribution in [3.63, 3.8) is 0 Å². The minimum atomic E-state index is -0.763. The Morgan fingerprint density at radius 3 is 1.90 bits per heavy atom. The monoisotopic (exact) mass is 284 g/mol. The standard InChI is InChI=1S/C13H24N4O3/c1-14-4-8-16(9-5-14)13(20)17-10-6-15(7-11-17)3-2-12(18)19/h2-11H2,1H3,(H,18,19). The second kappa shape index (κ2) is 6.90. The first-order chi connectivity index (χ1) is 9.56. The SMILES string of the molecule is CN1CCN(C(=O)N2CCN(CCC(=O)O)CC2)CC1. The summed E-state index contributed by atoms with van der Waals surface area (Å²) in [4.78, 5) is 31.1. The number of urea groups is 1. The summed E-state index contributed by atoms with van der Waals surface area (Å²) in [6.45, 7) is 6.98. The fraction of sp³-hybridized carbons (Fsp3) is 0.846. The number of carboxylic acid groups (broad SMARTS) is 1. The largest absolute Gasteiger partial charge is 0.481 e. The van der Waals surface area contributed by atoms with Crippen LogP contribution in [0.15, 0.2) is 0 Å². The van der Waals surface area contributed by atoms with Gasteiger partial charge in [0.15, 0.2) is 0 Å². The van der Waals surface area contributed by atoms with Crippen LogP contribution < -0.4 is 0 Å². The van der Waals surface area contributed by atoms with Crippen LogP contribution in [0.25, 0.3) is 0 Å². The lowest BCUT2D eigenvalue weighted by Crippen LogP contribution is -2.56. The Balaban J connectivity index is 1.73. The van der Waals surface area contributed by atoms with E-state index in [-0.39, 0.29) is 12.5 Å². The third-order valence-electron chi connectivity index (χ3n) is 4.06. The number of likely N-dealkylation sites (N-methyl/N-ethyl adjacent to an activating group) is 1. The molecule has 0 unspecified atom stereocenters. The van der Waals surface area contributed by atoms with E-state index in [2.05, 4.69) is 16.8 Å². The van der Waals surface area contributed by atoms with Crippen molar-refractivity contribution in [2.75, 3.05) is 66.0 Å². The Morgan fingerprint density at radius 1 is 0.900 bits per heavy atom. The number of nitrogens with zero attached hydrogens (tertiary/aromatic N) is 4. The number of carbonyl (C=O) groups excluding carboxylic acids is 1. The molecule has 2 fully saturated rings. The van der Waals surface area contributed by atoms with Gasteiger partial charge in [-0.3, -0.25) is 9.69 Å². The van der Waals surface area contributed by atoms with E-state index in [1.54, 1.807) is 0 Å². The third-order valence-corrected chi connectivity index (χ3v) is 4.06. The zero-order valence-corrected chi connectivity index (χ0v) is 12.1. The maximum Gasteiger partial charge on any atom is 0.320 e. The summed E-state index contributed by atoms with van der Waals surface area (Å²) in [7, 11) is 2.07. The van der Waals surface area contributed by atoms with Crippen molar-refractivity contribution < 1.29 is 14.7 Å². The normalized spacial score (nSPS) is 22.1. The van der Waals surface area contributed by atoms with Crippen LogP contribution in [-0.4, -0.2) is 103 Å². The van der Waals surface area contributed by atoms with Gasteiger partial charge in [0.1, 0.15) is 0 Å². The lowest BCUT2D eigenvalue weighted by Gasteiger charge is -2.39. The summed E-state index contributed by atoms with van der Waals surface area (Å²) in [6.07, 6.45) is 0.173. The van der Waals surface area contributed by atoms with Crippen molar-refractivity contribution in [1.29, 1.82) is 0 Å². The van der Waals surface area contributed by atoms with E-state index in [0.29, 0.717) is 19.6 Å². The molecule has 0 aromatic rings. The molecule has 1 N–H and O–H groups in total. The molecule has 0 bridgehead atoms. The minimum absolute atomic E-state index is 0.135. The van der Waals surface area contributed by atoms with Crippen LogP contribution in [0.5, 0.6) is 0 Å². The number of aliphatic carboxylic acids is 1. The van der Waals surface area contributed by atoms with E-state index in [1.165, 1.54) is 0 Å². The fourth-order valence-corrected chi connectivity index (χ4v) is 2.61. The topological polar surface area (TPSA) is 67.3 Å². The maximum absolute atomic E-state index is 12.4. The number of hydrogen-bond acceptors (Lipinski definition) is 4. The molecule has 2 aliphatic rings. The Hall–Kier alpha value is -1.34. The number of carbonyl (C=O) groups is 2. The number of carboxylic acids is 1. The summed E-state index contributed by atoms with van der Waals surface area (Å²) >= 11 is 0. The molecule has 0 aromatic carbocycles. The molecule has 2 rings (SSSR count). The van der Waals surface area contributed by atoms with Gasteiger partial charge in [0.05, 0.1) is 6.42 Å². The number of amides is 2. The van der Waals surface area contributed by atoms with Gasteiger partial charge < -0.3 is 19.8 Å². The van der Waals surface area contributed by atoms with Gasteiger partial charge in [-0.1, -0.05) is 0 Å². The highest BCUT2D eigenvalue weighted by atomic mass is 16.4. The Bertz CT molecular complexity index is 348. The zero-order valence-electron chi connectivity index (χ0n) is 12.1. The third kappa shape index (κ3) is 4.08. The van der Waals surface area contributed by atoms with Gasteiger partial charge in [-0.25, -0.2) is 4.79 Å². The average Bonchev–Trinajstić information content (AvgIpc) is 2.46. The number of rotatable bonds is 3. The molecule has 0 spiro atoms. The van der Waals surface area contributed by atoms with Crippen LogP contribution >= 0.6 is 0 Å². The Morgan fingerprint density at radius 2 is 1.40 bits per heavy atom. The second-order valence-corrected chi connectivity index (χ2v) is 5.55. The number of piperazine rings is 2. The summed E-state index contributed by atoms with van der Waals surface area (Å²) in [5.74, 6) is -0.763. The first-order valence-electron chi connectivity index (χ1n) is 7.23. The lowest BCUT2D eigenvalue weighted by molar-refractivity contribution is -0.137. The molecule has 7 nitrogen and oxygen atoms in total. The van der Waals surface area contributed by atoms with Crippen LogP contribution in [0.3, 0.4) is 0 Å². The molecule has 114 valence electrons. The highest BCUT2D eigenvalue weighted by Gasteiger charge is 2.26. The molecule has 2 heterocycles. The highest BCUT2D eigenvalue weighted by Crippen LogP contribution is 2.08. The zero-order chi connectivity index (χ0) is 14.5. The van der Waals surface area contributed by atoms with E-state index in [9.17, 15) is 9.59 Å². The molecule has 2 aliphatic heterocycles. The van der Waals surface area contributed by atoms with Crippen LogP contribution in [0.1, 0.15) is 6.42 Å². The van der Waals surface area contributed by atoms with Crippen molar-refractivity contribution in [2.45, 2.75) is 6.42 Å². The Labute approximate surface area is 119 Å². The highest BCUT2D eigenvalue weighted by molar-refractivity contribution is 5.74. The number of hydrogen-bond donors (Lipinski definition) is 1. The van der Waals surface area contributed by atoms with Gasteiger partial charge in [-0.15, -0.1) is 0 Å². The molecule has 20 heavy (non-hydrogen) atoms. The van der Waals surface area contributed by atoms with Gasteiger partial charge in [0.2, 0.25) is 0 Å². The summed E-state index contributed by atoms with van der Waals surface area (Å²) in [5, 5.41) is 8.67. The van der Waals surface area contributed by atoms with Crippen molar-refractivity contribution >= 4 is 12.0 Å². The van der Waals surface area contributed by atoms with Crippen LogP contribution in [0.2, 0.25) is 0 Å². The van der Waals surface area contributed by atoms with Crippen molar-refractivity contribution in [3.8, 4) is 0 Å². The van der Waals surface area contributed by atoms with E-state index < -0.39 is 5.97 Å². The molecular formula is C13H24N4O3. The van der Waals surface area contributed by atoms with E-state index in [4.69, 9.17) is 5.11 Å². The second-order valence-electron chi connectivity index (χ2n) is 5.55. The van der Waals surface area contributed by atoms with Crippen LogP contribution in [0.4, 0.5) is 4.79 Å². The molecule has 7 heteroatoms. The predicted octanol–water partition coefficient (Wildman–Crippen LogP) is -0.554. The quantitative estimate of drug-likeness (QED) is 0.753.